The van der Waals surface area contributed by atoms with E-state index >= 15 is 0 Å². The normalized spacial score (nSPS) is 16.1. The number of rotatable bonds is 6. The van der Waals surface area contributed by atoms with Crippen molar-refractivity contribution in [3.8, 4) is 10.4 Å². The van der Waals surface area contributed by atoms with E-state index in [-0.39, 0.29) is 35.7 Å². The molecule has 13 heteroatoms. The molecule has 6 heterocycles. The van der Waals surface area contributed by atoms with E-state index in [1.54, 1.807) is 54.4 Å². The van der Waals surface area contributed by atoms with Crippen LogP contribution in [0.2, 0.25) is 0 Å². The van der Waals surface area contributed by atoms with Crippen LogP contribution in [0.1, 0.15) is 60.1 Å². The van der Waals surface area contributed by atoms with Crippen LogP contribution >= 0.6 is 11.3 Å². The third-order valence-electron chi connectivity index (χ3n) is 9.76. The molecule has 0 atom stereocenters. The molecular weight excluding hydrogens is 672 g/mol. The van der Waals surface area contributed by atoms with E-state index in [1.807, 2.05) is 13.0 Å². The summed E-state index contributed by atoms with van der Waals surface area (Å²) in [5, 5.41) is 5.65. The Morgan fingerprint density at radius 3 is 2.45 bits per heavy atom. The number of carbonyl (C=O) groups excluding carboxylic acids is 3. The first-order valence-corrected chi connectivity index (χ1v) is 17.7. The Morgan fingerprint density at radius 2 is 1.71 bits per heavy atom. The van der Waals surface area contributed by atoms with E-state index in [0.717, 1.165) is 55.1 Å². The lowest BCUT2D eigenvalue weighted by Gasteiger charge is -2.53. The Balaban J connectivity index is 0.987. The first-order valence-electron chi connectivity index (χ1n) is 16.8. The Labute approximate surface area is 297 Å². The van der Waals surface area contributed by atoms with Gasteiger partial charge in [0.25, 0.3) is 17.7 Å². The van der Waals surface area contributed by atoms with Gasteiger partial charge >= 0.3 is 6.01 Å². The summed E-state index contributed by atoms with van der Waals surface area (Å²) in [4.78, 5) is 54.2. The summed E-state index contributed by atoms with van der Waals surface area (Å²) in [5.41, 5.74) is 4.48. The molecule has 3 aromatic heterocycles. The van der Waals surface area contributed by atoms with E-state index in [2.05, 4.69) is 25.5 Å². The van der Waals surface area contributed by atoms with E-state index in [9.17, 15) is 18.8 Å². The van der Waals surface area contributed by atoms with E-state index < -0.39 is 5.82 Å². The summed E-state index contributed by atoms with van der Waals surface area (Å²) in [5.74, 6) is -0.186. The number of benzene rings is 2. The molecule has 0 saturated carbocycles. The van der Waals surface area contributed by atoms with Gasteiger partial charge in [0.05, 0.1) is 22.3 Å². The molecule has 3 aliphatic heterocycles. The highest BCUT2D eigenvalue weighted by atomic mass is 32.1. The molecule has 11 nitrogen and oxygen atoms in total. The maximum Gasteiger partial charge on any atom is 0.301 e. The molecule has 8 rings (SSSR count). The molecule has 2 aromatic carbocycles. The number of hydrogen-bond donors (Lipinski definition) is 2. The highest BCUT2D eigenvalue weighted by Crippen LogP contribution is 2.44. The van der Waals surface area contributed by atoms with Crippen LogP contribution in [0.25, 0.3) is 10.4 Å². The lowest BCUT2D eigenvalue weighted by atomic mass is 9.73. The number of carbonyl (C=O) groups is 3. The third kappa shape index (κ3) is 6.38. The van der Waals surface area contributed by atoms with Crippen molar-refractivity contribution in [3.63, 3.8) is 0 Å². The molecule has 51 heavy (non-hydrogen) atoms. The van der Waals surface area contributed by atoms with Crippen LogP contribution in [0.3, 0.4) is 0 Å². The molecule has 0 unspecified atom stereocenters. The van der Waals surface area contributed by atoms with Gasteiger partial charge in [-0.05, 0) is 98.8 Å². The predicted molar refractivity (Wildman–Crippen MR) is 192 cm³/mol. The zero-order valence-corrected chi connectivity index (χ0v) is 28.9. The molecule has 0 radical (unpaired) electrons. The zero-order valence-electron chi connectivity index (χ0n) is 28.1. The number of halogens is 1. The number of fused-ring (bicyclic) bond motifs is 3. The van der Waals surface area contributed by atoms with Crippen molar-refractivity contribution in [1.82, 2.24) is 9.97 Å². The predicted octanol–water partition coefficient (Wildman–Crippen LogP) is 6.88. The lowest BCUT2D eigenvalue weighted by molar-refractivity contribution is -0.000511. The molecule has 1 spiro atoms. The van der Waals surface area contributed by atoms with Crippen molar-refractivity contribution in [1.29, 1.82) is 0 Å². The van der Waals surface area contributed by atoms with Gasteiger partial charge in [0.2, 0.25) is 0 Å². The van der Waals surface area contributed by atoms with Crippen LogP contribution < -0.4 is 20.4 Å². The minimum atomic E-state index is -0.479. The second-order valence-electron chi connectivity index (χ2n) is 13.4. The SMILES string of the molecule is Cc1cnc(N2CC3(CCOCC3)C2)c(C(=O)Nc2ccc(C(=O)N3CCc4cc(C(=O)Nc5ncc(C)o5)sc4-c4ccc(F)cc43)cc2)c1. The molecule has 2 saturated heterocycles. The number of amides is 3. The van der Waals surface area contributed by atoms with Crippen molar-refractivity contribution in [3.05, 3.63) is 106 Å². The first-order chi connectivity index (χ1) is 24.6. The van der Waals surface area contributed by atoms with Crippen LogP contribution in [-0.2, 0) is 11.2 Å². The largest absolute Gasteiger partial charge is 0.429 e. The van der Waals surface area contributed by atoms with Crippen molar-refractivity contribution >= 4 is 52.3 Å². The fourth-order valence-corrected chi connectivity index (χ4v) is 8.21. The van der Waals surface area contributed by atoms with Crippen LogP contribution in [-0.4, -0.2) is 60.5 Å². The number of aromatic nitrogens is 2. The zero-order chi connectivity index (χ0) is 35.3. The summed E-state index contributed by atoms with van der Waals surface area (Å²) in [7, 11) is 0. The molecule has 260 valence electrons. The van der Waals surface area contributed by atoms with Gasteiger partial charge < -0.3 is 24.3 Å². The van der Waals surface area contributed by atoms with Crippen molar-refractivity contribution in [2.75, 3.05) is 53.3 Å². The number of nitrogens with zero attached hydrogens (tertiary/aromatic N) is 4. The fourth-order valence-electron chi connectivity index (χ4n) is 7.07. The topological polar surface area (TPSA) is 130 Å². The molecule has 5 aromatic rings. The number of ether oxygens (including phenoxy) is 1. The highest BCUT2D eigenvalue weighted by Gasteiger charge is 2.45. The Kier molecular flexibility index (Phi) is 8.39. The number of anilines is 4. The number of aryl methyl sites for hydroxylation is 2. The van der Waals surface area contributed by atoms with E-state index in [0.29, 0.717) is 50.9 Å². The molecule has 3 aliphatic rings. The molecule has 3 amide bonds. The van der Waals surface area contributed by atoms with E-state index in [1.165, 1.54) is 29.7 Å². The smallest absolute Gasteiger partial charge is 0.301 e. The number of oxazole rings is 1. The fraction of sp³-hybridized carbons (Fsp3) is 0.289. The Bertz CT molecular complexity index is 2170. The highest BCUT2D eigenvalue weighted by molar-refractivity contribution is 7.17. The van der Waals surface area contributed by atoms with Crippen molar-refractivity contribution < 1.29 is 27.9 Å². The van der Waals surface area contributed by atoms with Gasteiger partial charge in [-0.3, -0.25) is 19.7 Å². The van der Waals surface area contributed by atoms with Gasteiger partial charge in [-0.2, -0.15) is 0 Å². The maximum atomic E-state index is 14.7. The second kappa shape index (κ2) is 13.1. The summed E-state index contributed by atoms with van der Waals surface area (Å²) in [6.45, 7) is 7.15. The standard InChI is InChI=1S/C38H35FN6O5S/c1-22-15-29(33(40-18-22)44-20-38(21-44)10-13-49-14-11-38)34(46)42-27-6-3-24(4-7-27)36(48)45-12-9-25-16-31(35(47)43-37-41-19-23(2)50-37)51-32(25)28-8-5-26(39)17-30(28)45/h3-8,15-19H,9-14,20-21H2,1-2H3,(H,42,46)(H,41,43,47). The van der Waals surface area contributed by atoms with Crippen LogP contribution in [0.4, 0.5) is 27.6 Å². The lowest BCUT2D eigenvalue weighted by Crippen LogP contribution is -2.59. The summed E-state index contributed by atoms with van der Waals surface area (Å²) in [6.07, 6.45) is 5.78. The third-order valence-corrected chi connectivity index (χ3v) is 11.0. The van der Waals surface area contributed by atoms with Gasteiger partial charge in [0, 0.05) is 66.2 Å². The molecule has 2 N–H and O–H groups in total. The minimum Gasteiger partial charge on any atom is -0.429 e. The average Bonchev–Trinajstić information content (AvgIpc) is 3.70. The van der Waals surface area contributed by atoms with Crippen LogP contribution in [0, 0.1) is 25.1 Å². The summed E-state index contributed by atoms with van der Waals surface area (Å²) < 4.78 is 25.6. The van der Waals surface area contributed by atoms with Gasteiger partial charge in [-0.1, -0.05) is 0 Å². The van der Waals surface area contributed by atoms with Gasteiger partial charge in [0.1, 0.15) is 17.4 Å². The Hall–Kier alpha value is -5.40. The second-order valence-corrected chi connectivity index (χ2v) is 14.5. The first kappa shape index (κ1) is 32.8. The number of thiophene rings is 1. The summed E-state index contributed by atoms with van der Waals surface area (Å²) >= 11 is 1.27. The molecular formula is C38H35FN6O5S. The van der Waals surface area contributed by atoms with Crippen LogP contribution in [0.5, 0.6) is 0 Å². The van der Waals surface area contributed by atoms with Gasteiger partial charge in [-0.15, -0.1) is 11.3 Å². The van der Waals surface area contributed by atoms with Crippen molar-refractivity contribution in [2.45, 2.75) is 33.1 Å². The van der Waals surface area contributed by atoms with Crippen molar-refractivity contribution in [2.24, 2.45) is 5.41 Å². The molecule has 2 fully saturated rings. The monoisotopic (exact) mass is 706 g/mol. The Morgan fingerprint density at radius 1 is 0.922 bits per heavy atom. The average molecular weight is 707 g/mol. The van der Waals surface area contributed by atoms with Crippen LogP contribution in [0.15, 0.2) is 71.4 Å². The van der Waals surface area contributed by atoms with E-state index in [4.69, 9.17) is 9.15 Å². The number of pyridine rings is 1. The quantitative estimate of drug-likeness (QED) is 0.196. The van der Waals surface area contributed by atoms with Gasteiger partial charge in [-0.25, -0.2) is 14.4 Å². The summed E-state index contributed by atoms with van der Waals surface area (Å²) in [6, 6.07) is 14.8. The van der Waals surface area contributed by atoms with Gasteiger partial charge in [0.15, 0.2) is 0 Å². The number of hydrogen-bond acceptors (Lipinski definition) is 9. The minimum absolute atomic E-state index is 0.109. The molecule has 0 aliphatic carbocycles. The number of nitrogens with one attached hydrogen (secondary N) is 2. The molecule has 0 bridgehead atoms. The maximum absolute atomic E-state index is 14.7.